The van der Waals surface area contributed by atoms with Crippen LogP contribution < -0.4 is 5.32 Å². The van der Waals surface area contributed by atoms with E-state index in [4.69, 9.17) is 4.74 Å². The van der Waals surface area contributed by atoms with Crippen molar-refractivity contribution in [1.29, 1.82) is 0 Å². The molecule has 0 radical (unpaired) electrons. The molecule has 0 aliphatic heterocycles. The number of amides is 2. The van der Waals surface area contributed by atoms with Crippen LogP contribution in [-0.2, 0) is 19.1 Å². The Kier molecular flexibility index (Phi) is 7.35. The average Bonchev–Trinajstić information content (AvgIpc) is 2.39. The minimum atomic E-state index is -0.777. The molecule has 0 bridgehead atoms. The molecule has 0 heterocycles. The summed E-state index contributed by atoms with van der Waals surface area (Å²) in [6.45, 7) is 10.4. The first-order valence-electron chi connectivity index (χ1n) is 7.24. The van der Waals surface area contributed by atoms with Crippen LogP contribution in [-0.4, -0.2) is 54.7 Å². The second-order valence-electron chi connectivity index (χ2n) is 6.52. The normalized spacial score (nSPS) is 14.0. The van der Waals surface area contributed by atoms with Crippen LogP contribution in [0.2, 0.25) is 0 Å². The lowest BCUT2D eigenvalue weighted by Crippen LogP contribution is -2.53. The Labute approximate surface area is 132 Å². The maximum atomic E-state index is 12.2. The fraction of sp³-hybridized carbons (Fsp3) is 0.800. The van der Waals surface area contributed by atoms with Gasteiger partial charge in [-0.3, -0.25) is 9.69 Å². The van der Waals surface area contributed by atoms with Crippen LogP contribution in [0, 0.1) is 5.92 Å². The molecule has 0 aromatic rings. The van der Waals surface area contributed by atoms with Gasteiger partial charge in [0.1, 0.15) is 17.7 Å². The molecule has 0 unspecified atom stereocenters. The second kappa shape index (κ2) is 8.00. The summed E-state index contributed by atoms with van der Waals surface area (Å²) < 4.78 is 9.88. The van der Waals surface area contributed by atoms with Crippen molar-refractivity contribution in [3.63, 3.8) is 0 Å². The highest BCUT2D eigenvalue weighted by Gasteiger charge is 2.31. The van der Waals surface area contributed by atoms with Gasteiger partial charge in [0.25, 0.3) is 0 Å². The minimum absolute atomic E-state index is 0.129. The van der Waals surface area contributed by atoms with E-state index >= 15 is 0 Å². The Hall–Kier alpha value is -1.79. The molecule has 0 aliphatic carbocycles. The number of hydrogen-bond donors (Lipinski definition) is 1. The van der Waals surface area contributed by atoms with Crippen LogP contribution in [0.3, 0.4) is 0 Å². The monoisotopic (exact) mass is 316 g/mol. The molecule has 0 saturated carbocycles. The summed E-state index contributed by atoms with van der Waals surface area (Å²) in [5.74, 6) is -1.09. The average molecular weight is 316 g/mol. The van der Waals surface area contributed by atoms with E-state index in [1.165, 1.54) is 19.1 Å². The molecule has 128 valence electrons. The first-order chi connectivity index (χ1) is 9.90. The Morgan fingerprint density at radius 3 is 1.95 bits per heavy atom. The summed E-state index contributed by atoms with van der Waals surface area (Å²) in [7, 11) is 2.74. The highest BCUT2D eigenvalue weighted by atomic mass is 16.6. The molecule has 0 saturated heterocycles. The number of hydrogen-bond acceptors (Lipinski definition) is 5. The standard InChI is InChI=1S/C15H28N2O5/c1-9(2)11(13(19)21-8)16-12(18)10(3)17(7)14(20)22-15(4,5)6/h9-11H,1-8H3,(H,16,18)/t10-,11-/m0/s1. The highest BCUT2D eigenvalue weighted by molar-refractivity contribution is 5.89. The quantitative estimate of drug-likeness (QED) is 0.778. The van der Waals surface area contributed by atoms with Crippen molar-refractivity contribution in [2.24, 2.45) is 5.92 Å². The maximum absolute atomic E-state index is 12.2. The molecular weight excluding hydrogens is 288 g/mol. The molecule has 22 heavy (non-hydrogen) atoms. The SMILES string of the molecule is COC(=O)[C@@H](NC(=O)[C@H](C)N(C)C(=O)OC(C)(C)C)C(C)C. The number of nitrogens with zero attached hydrogens (tertiary/aromatic N) is 1. The zero-order valence-corrected chi connectivity index (χ0v) is 14.7. The van der Waals surface area contributed by atoms with Gasteiger partial charge >= 0.3 is 12.1 Å². The summed E-state index contributed by atoms with van der Waals surface area (Å²) in [6, 6.07) is -1.53. The summed E-state index contributed by atoms with van der Waals surface area (Å²) in [6.07, 6.45) is -0.602. The first kappa shape index (κ1) is 20.2. The predicted octanol–water partition coefficient (Wildman–Crippen LogP) is 1.56. The van der Waals surface area contributed by atoms with Crippen molar-refractivity contribution >= 4 is 18.0 Å². The van der Waals surface area contributed by atoms with Gasteiger partial charge in [0, 0.05) is 7.05 Å². The summed E-state index contributed by atoms with van der Waals surface area (Å²) >= 11 is 0. The van der Waals surface area contributed by atoms with Crippen molar-refractivity contribution in [2.45, 2.75) is 59.2 Å². The van der Waals surface area contributed by atoms with E-state index in [0.29, 0.717) is 0 Å². The van der Waals surface area contributed by atoms with E-state index in [0.717, 1.165) is 0 Å². The molecular formula is C15H28N2O5. The second-order valence-corrected chi connectivity index (χ2v) is 6.52. The van der Waals surface area contributed by atoms with Gasteiger partial charge in [-0.1, -0.05) is 13.8 Å². The molecule has 7 nitrogen and oxygen atoms in total. The number of carbonyl (C=O) groups is 3. The van der Waals surface area contributed by atoms with Gasteiger partial charge in [-0.15, -0.1) is 0 Å². The molecule has 2 amide bonds. The molecule has 0 aromatic heterocycles. The van der Waals surface area contributed by atoms with Crippen molar-refractivity contribution in [1.82, 2.24) is 10.2 Å². The lowest BCUT2D eigenvalue weighted by molar-refractivity contribution is -0.146. The van der Waals surface area contributed by atoms with Crippen LogP contribution in [0.15, 0.2) is 0 Å². The zero-order chi connectivity index (χ0) is 17.7. The van der Waals surface area contributed by atoms with Crippen molar-refractivity contribution < 1.29 is 23.9 Å². The maximum Gasteiger partial charge on any atom is 0.410 e. The number of nitrogens with one attached hydrogen (secondary N) is 1. The lowest BCUT2D eigenvalue weighted by atomic mass is 10.0. The number of rotatable bonds is 5. The summed E-state index contributed by atoms with van der Waals surface area (Å²) in [5.41, 5.74) is -0.645. The smallest absolute Gasteiger partial charge is 0.410 e. The van der Waals surface area contributed by atoms with Gasteiger partial charge in [0.2, 0.25) is 5.91 Å². The Balaban J connectivity index is 4.83. The van der Waals surface area contributed by atoms with E-state index in [1.54, 1.807) is 41.5 Å². The molecule has 2 atom stereocenters. The molecule has 0 fully saturated rings. The van der Waals surface area contributed by atoms with E-state index in [-0.39, 0.29) is 5.92 Å². The van der Waals surface area contributed by atoms with Crippen LogP contribution >= 0.6 is 0 Å². The van der Waals surface area contributed by atoms with Crippen molar-refractivity contribution in [3.8, 4) is 0 Å². The lowest BCUT2D eigenvalue weighted by Gasteiger charge is -2.29. The van der Waals surface area contributed by atoms with Crippen LogP contribution in [0.5, 0.6) is 0 Å². The van der Waals surface area contributed by atoms with Gasteiger partial charge in [-0.25, -0.2) is 9.59 Å². The van der Waals surface area contributed by atoms with Gasteiger partial charge in [0.15, 0.2) is 0 Å². The van der Waals surface area contributed by atoms with Gasteiger partial charge in [-0.2, -0.15) is 0 Å². The fourth-order valence-corrected chi connectivity index (χ4v) is 1.57. The number of likely N-dealkylation sites (N-methyl/N-ethyl adjacent to an activating group) is 1. The largest absolute Gasteiger partial charge is 0.467 e. The number of esters is 1. The first-order valence-corrected chi connectivity index (χ1v) is 7.24. The molecule has 0 rings (SSSR count). The van der Waals surface area contributed by atoms with E-state index in [2.05, 4.69) is 10.1 Å². The van der Waals surface area contributed by atoms with Crippen LogP contribution in [0.4, 0.5) is 4.79 Å². The summed E-state index contributed by atoms with van der Waals surface area (Å²) in [5, 5.41) is 2.60. The molecule has 7 heteroatoms. The van der Waals surface area contributed by atoms with E-state index < -0.39 is 35.7 Å². The zero-order valence-electron chi connectivity index (χ0n) is 14.7. The number of carbonyl (C=O) groups excluding carboxylic acids is 3. The number of ether oxygens (including phenoxy) is 2. The highest BCUT2D eigenvalue weighted by Crippen LogP contribution is 2.11. The van der Waals surface area contributed by atoms with Crippen LogP contribution in [0.25, 0.3) is 0 Å². The van der Waals surface area contributed by atoms with Gasteiger partial charge < -0.3 is 14.8 Å². The van der Waals surface area contributed by atoms with Crippen molar-refractivity contribution in [2.75, 3.05) is 14.2 Å². The number of methoxy groups -OCH3 is 1. The predicted molar refractivity (Wildman–Crippen MR) is 82.2 cm³/mol. The van der Waals surface area contributed by atoms with Gasteiger partial charge in [0.05, 0.1) is 7.11 Å². The molecule has 0 aliphatic rings. The third-order valence-electron chi connectivity index (χ3n) is 3.06. The Bertz CT molecular complexity index is 415. The molecule has 0 spiro atoms. The van der Waals surface area contributed by atoms with E-state index in [1.807, 2.05) is 0 Å². The van der Waals surface area contributed by atoms with Crippen LogP contribution in [0.1, 0.15) is 41.5 Å². The van der Waals surface area contributed by atoms with E-state index in [9.17, 15) is 14.4 Å². The van der Waals surface area contributed by atoms with Gasteiger partial charge in [-0.05, 0) is 33.6 Å². The Morgan fingerprint density at radius 2 is 1.59 bits per heavy atom. The minimum Gasteiger partial charge on any atom is -0.467 e. The van der Waals surface area contributed by atoms with Crippen molar-refractivity contribution in [3.05, 3.63) is 0 Å². The third-order valence-corrected chi connectivity index (χ3v) is 3.06. The topological polar surface area (TPSA) is 84.9 Å². The molecule has 1 N–H and O–H groups in total. The Morgan fingerprint density at radius 1 is 1.09 bits per heavy atom. The third kappa shape index (κ3) is 6.32. The fourth-order valence-electron chi connectivity index (χ4n) is 1.57. The summed E-state index contributed by atoms with van der Waals surface area (Å²) in [4.78, 5) is 37.0. The molecule has 0 aromatic carbocycles.